The molecule has 2 N–H and O–H groups in total. The molecular formula is C11H19N3O3. The number of hydrogen-bond donors (Lipinski definition) is 2. The largest absolute Gasteiger partial charge is 0.356 e. The molecule has 1 rings (SSSR count). The molecule has 96 valence electrons. The first kappa shape index (κ1) is 13.5. The highest BCUT2D eigenvalue weighted by atomic mass is 16.2. The number of rotatable bonds is 6. The number of hydrogen-bond acceptors (Lipinski definition) is 3. The fraction of sp³-hybridized carbons (Fsp3) is 0.727. The van der Waals surface area contributed by atoms with Crippen LogP contribution in [0.4, 0.5) is 4.79 Å². The van der Waals surface area contributed by atoms with Crippen molar-refractivity contribution >= 4 is 17.8 Å². The van der Waals surface area contributed by atoms with Crippen LogP contribution in [0.25, 0.3) is 0 Å². The fourth-order valence-corrected chi connectivity index (χ4v) is 1.81. The Morgan fingerprint density at radius 3 is 2.65 bits per heavy atom. The average molecular weight is 241 g/mol. The molecule has 0 aromatic heterocycles. The second-order valence-corrected chi connectivity index (χ2v) is 4.06. The van der Waals surface area contributed by atoms with Crippen LogP contribution < -0.4 is 10.6 Å². The Morgan fingerprint density at radius 2 is 2.12 bits per heavy atom. The van der Waals surface area contributed by atoms with Gasteiger partial charge in [-0.05, 0) is 26.2 Å². The maximum absolute atomic E-state index is 11.7. The van der Waals surface area contributed by atoms with Crippen LogP contribution in [0, 0.1) is 0 Å². The molecule has 0 unspecified atom stereocenters. The lowest BCUT2D eigenvalue weighted by molar-refractivity contribution is -0.127. The number of carbonyl (C=O) groups is 3. The molecule has 0 spiro atoms. The molecule has 0 bridgehead atoms. The molecular weight excluding hydrogens is 222 g/mol. The van der Waals surface area contributed by atoms with Crippen molar-refractivity contribution in [3.63, 3.8) is 0 Å². The molecule has 6 heteroatoms. The predicted molar refractivity (Wildman–Crippen MR) is 62.2 cm³/mol. The molecule has 0 aromatic carbocycles. The van der Waals surface area contributed by atoms with Gasteiger partial charge in [0.1, 0.15) is 6.04 Å². The molecule has 1 heterocycles. The SMILES string of the molecule is CCN1C(=O)N[C@@H](CCCCNC(C)=O)C1=O. The second kappa shape index (κ2) is 6.22. The topological polar surface area (TPSA) is 78.5 Å². The van der Waals surface area contributed by atoms with Gasteiger partial charge in [0.2, 0.25) is 5.91 Å². The van der Waals surface area contributed by atoms with E-state index in [1.54, 1.807) is 6.92 Å². The van der Waals surface area contributed by atoms with E-state index in [0.717, 1.165) is 12.8 Å². The van der Waals surface area contributed by atoms with Crippen LogP contribution in [-0.2, 0) is 9.59 Å². The molecule has 1 aliphatic rings. The van der Waals surface area contributed by atoms with Crippen LogP contribution in [0.3, 0.4) is 0 Å². The zero-order valence-electron chi connectivity index (χ0n) is 10.3. The van der Waals surface area contributed by atoms with Crippen LogP contribution >= 0.6 is 0 Å². The van der Waals surface area contributed by atoms with E-state index in [1.165, 1.54) is 11.8 Å². The lowest BCUT2D eigenvalue weighted by Crippen LogP contribution is -2.31. The molecule has 1 atom stereocenters. The summed E-state index contributed by atoms with van der Waals surface area (Å²) in [5.41, 5.74) is 0. The lowest BCUT2D eigenvalue weighted by Gasteiger charge is -2.09. The van der Waals surface area contributed by atoms with Crippen molar-refractivity contribution in [2.24, 2.45) is 0 Å². The summed E-state index contributed by atoms with van der Waals surface area (Å²) < 4.78 is 0. The van der Waals surface area contributed by atoms with Gasteiger partial charge in [-0.25, -0.2) is 4.79 Å². The summed E-state index contributed by atoms with van der Waals surface area (Å²) >= 11 is 0. The van der Waals surface area contributed by atoms with Gasteiger partial charge >= 0.3 is 6.03 Å². The van der Waals surface area contributed by atoms with Crippen LogP contribution in [0.5, 0.6) is 0 Å². The third-order valence-corrected chi connectivity index (χ3v) is 2.72. The maximum Gasteiger partial charge on any atom is 0.324 e. The Bertz CT molecular complexity index is 317. The van der Waals surface area contributed by atoms with Crippen LogP contribution in [0.2, 0.25) is 0 Å². The zero-order chi connectivity index (χ0) is 12.8. The van der Waals surface area contributed by atoms with Gasteiger partial charge in [-0.2, -0.15) is 0 Å². The number of nitrogens with one attached hydrogen (secondary N) is 2. The number of carbonyl (C=O) groups excluding carboxylic acids is 3. The van der Waals surface area contributed by atoms with E-state index in [4.69, 9.17) is 0 Å². The number of nitrogens with zero attached hydrogens (tertiary/aromatic N) is 1. The van der Waals surface area contributed by atoms with Crippen molar-refractivity contribution < 1.29 is 14.4 Å². The zero-order valence-corrected chi connectivity index (χ0v) is 10.3. The summed E-state index contributed by atoms with van der Waals surface area (Å²) in [6, 6.07) is -0.691. The molecule has 4 amide bonds. The number of amides is 4. The summed E-state index contributed by atoms with van der Waals surface area (Å²) in [5.74, 6) is -0.190. The van der Waals surface area contributed by atoms with Gasteiger partial charge in [0.15, 0.2) is 0 Å². The summed E-state index contributed by atoms with van der Waals surface area (Å²) in [6.07, 6.45) is 2.24. The smallest absolute Gasteiger partial charge is 0.324 e. The van der Waals surface area contributed by atoms with Crippen LogP contribution in [-0.4, -0.2) is 41.9 Å². The highest BCUT2D eigenvalue weighted by molar-refractivity contribution is 6.04. The second-order valence-electron chi connectivity index (χ2n) is 4.06. The molecule has 17 heavy (non-hydrogen) atoms. The molecule has 1 aliphatic heterocycles. The number of urea groups is 1. The molecule has 1 saturated heterocycles. The van der Waals surface area contributed by atoms with Gasteiger partial charge in [0.05, 0.1) is 0 Å². The summed E-state index contributed by atoms with van der Waals surface area (Å²) in [4.78, 5) is 34.9. The van der Waals surface area contributed by atoms with E-state index in [1.807, 2.05) is 0 Å². The number of likely N-dealkylation sites (N-methyl/N-ethyl adjacent to an activating group) is 1. The van der Waals surface area contributed by atoms with Crippen molar-refractivity contribution in [1.82, 2.24) is 15.5 Å². The summed E-state index contributed by atoms with van der Waals surface area (Å²) in [5, 5.41) is 5.34. The number of unbranched alkanes of at least 4 members (excludes halogenated alkanes) is 1. The van der Waals surface area contributed by atoms with E-state index < -0.39 is 0 Å². The first-order valence-electron chi connectivity index (χ1n) is 5.92. The molecule has 6 nitrogen and oxygen atoms in total. The van der Waals surface area contributed by atoms with Crippen molar-refractivity contribution in [1.29, 1.82) is 0 Å². The lowest BCUT2D eigenvalue weighted by atomic mass is 10.1. The standard InChI is InChI=1S/C11H19N3O3/c1-3-14-10(16)9(13-11(14)17)6-4-5-7-12-8(2)15/h9H,3-7H2,1-2H3,(H,12,15)(H,13,17)/t9-/m0/s1. The van der Waals surface area contributed by atoms with Gasteiger partial charge in [-0.1, -0.05) is 0 Å². The molecule has 0 aromatic rings. The molecule has 0 radical (unpaired) electrons. The quantitative estimate of drug-likeness (QED) is 0.516. The highest BCUT2D eigenvalue weighted by Gasteiger charge is 2.35. The predicted octanol–water partition coefficient (Wildman–Crippen LogP) is 0.233. The molecule has 0 aliphatic carbocycles. The minimum Gasteiger partial charge on any atom is -0.356 e. The van der Waals surface area contributed by atoms with Crippen molar-refractivity contribution in [2.75, 3.05) is 13.1 Å². The first-order chi connectivity index (χ1) is 8.06. The Balaban J connectivity index is 2.22. The average Bonchev–Trinajstić information content (AvgIpc) is 2.53. The van der Waals surface area contributed by atoms with Crippen molar-refractivity contribution in [3.8, 4) is 0 Å². The van der Waals surface area contributed by atoms with Gasteiger partial charge in [0.25, 0.3) is 5.91 Å². The van der Waals surface area contributed by atoms with Crippen LogP contribution in [0.1, 0.15) is 33.1 Å². The van der Waals surface area contributed by atoms with E-state index in [-0.39, 0.29) is 23.9 Å². The first-order valence-corrected chi connectivity index (χ1v) is 5.92. The third-order valence-electron chi connectivity index (χ3n) is 2.72. The minimum absolute atomic E-state index is 0.0487. The van der Waals surface area contributed by atoms with E-state index >= 15 is 0 Å². The molecule has 0 saturated carbocycles. The number of imide groups is 1. The monoisotopic (exact) mass is 241 g/mol. The van der Waals surface area contributed by atoms with Gasteiger partial charge in [-0.15, -0.1) is 0 Å². The van der Waals surface area contributed by atoms with E-state index in [9.17, 15) is 14.4 Å². The Kier molecular flexibility index (Phi) is 4.93. The van der Waals surface area contributed by atoms with Crippen molar-refractivity contribution in [3.05, 3.63) is 0 Å². The maximum atomic E-state index is 11.7. The van der Waals surface area contributed by atoms with Gasteiger partial charge in [0, 0.05) is 20.0 Å². The third kappa shape index (κ3) is 3.72. The summed E-state index contributed by atoms with van der Waals surface area (Å²) in [6.45, 7) is 4.27. The summed E-state index contributed by atoms with van der Waals surface area (Å²) in [7, 11) is 0. The Morgan fingerprint density at radius 1 is 1.41 bits per heavy atom. The Hall–Kier alpha value is -1.59. The van der Waals surface area contributed by atoms with E-state index in [2.05, 4.69) is 10.6 Å². The highest BCUT2D eigenvalue weighted by Crippen LogP contribution is 2.11. The fourth-order valence-electron chi connectivity index (χ4n) is 1.81. The van der Waals surface area contributed by atoms with Gasteiger partial charge < -0.3 is 10.6 Å². The van der Waals surface area contributed by atoms with Crippen molar-refractivity contribution in [2.45, 2.75) is 39.2 Å². The van der Waals surface area contributed by atoms with Gasteiger partial charge in [-0.3, -0.25) is 14.5 Å². The van der Waals surface area contributed by atoms with Crippen LogP contribution in [0.15, 0.2) is 0 Å². The Labute approximate surface area is 101 Å². The minimum atomic E-state index is -0.389. The molecule has 1 fully saturated rings. The van der Waals surface area contributed by atoms with E-state index in [0.29, 0.717) is 19.5 Å². The normalized spacial score (nSPS) is 19.4.